The van der Waals surface area contributed by atoms with Crippen molar-refractivity contribution in [3.05, 3.63) is 22.8 Å². The molecular formula is C17H28ClN3. The van der Waals surface area contributed by atoms with E-state index in [4.69, 9.17) is 11.6 Å². The lowest BCUT2D eigenvalue weighted by atomic mass is 9.98. The van der Waals surface area contributed by atoms with Gasteiger partial charge in [-0.05, 0) is 37.3 Å². The molecule has 4 heteroatoms. The average molecular weight is 310 g/mol. The van der Waals surface area contributed by atoms with Crippen LogP contribution in [0.1, 0.15) is 58.4 Å². The molecule has 0 aromatic carbocycles. The zero-order valence-corrected chi connectivity index (χ0v) is 14.3. The van der Waals surface area contributed by atoms with Crippen molar-refractivity contribution in [3.8, 4) is 0 Å². The first-order chi connectivity index (χ1) is 10.1. The van der Waals surface area contributed by atoms with Crippen LogP contribution in [0.15, 0.2) is 12.3 Å². The van der Waals surface area contributed by atoms with Crippen LogP contribution in [0.3, 0.4) is 0 Å². The second-order valence-corrected chi connectivity index (χ2v) is 6.72. The molecule has 1 aromatic heterocycles. The van der Waals surface area contributed by atoms with Crippen molar-refractivity contribution in [2.45, 2.75) is 71.5 Å². The number of halogens is 1. The fourth-order valence-electron chi connectivity index (χ4n) is 3.01. The highest BCUT2D eigenvalue weighted by atomic mass is 35.5. The first kappa shape index (κ1) is 16.6. The molecule has 1 fully saturated rings. The summed E-state index contributed by atoms with van der Waals surface area (Å²) in [6.45, 7) is 8.45. The highest BCUT2D eigenvalue weighted by Crippen LogP contribution is 2.31. The van der Waals surface area contributed by atoms with E-state index < -0.39 is 0 Å². The van der Waals surface area contributed by atoms with Crippen LogP contribution in [-0.4, -0.2) is 23.6 Å². The second-order valence-electron chi connectivity index (χ2n) is 6.32. The van der Waals surface area contributed by atoms with E-state index in [0.29, 0.717) is 12.1 Å². The van der Waals surface area contributed by atoms with Gasteiger partial charge in [0.15, 0.2) is 0 Å². The Morgan fingerprint density at radius 3 is 2.90 bits per heavy atom. The van der Waals surface area contributed by atoms with Gasteiger partial charge in [0.2, 0.25) is 0 Å². The Hall–Kier alpha value is -0.800. The van der Waals surface area contributed by atoms with Gasteiger partial charge in [-0.1, -0.05) is 38.8 Å². The van der Waals surface area contributed by atoms with Gasteiger partial charge in [0.1, 0.15) is 5.82 Å². The summed E-state index contributed by atoms with van der Waals surface area (Å²) in [4.78, 5) is 7.09. The molecule has 2 heterocycles. The summed E-state index contributed by atoms with van der Waals surface area (Å²) in [7, 11) is 0. The molecule has 118 valence electrons. The number of anilines is 1. The lowest BCUT2D eigenvalue weighted by Gasteiger charge is -2.37. The summed E-state index contributed by atoms with van der Waals surface area (Å²) in [5.74, 6) is 0.975. The van der Waals surface area contributed by atoms with Gasteiger partial charge in [-0.15, -0.1) is 0 Å². The first-order valence-corrected chi connectivity index (χ1v) is 8.64. The molecule has 0 aliphatic carbocycles. The van der Waals surface area contributed by atoms with Crippen molar-refractivity contribution in [2.24, 2.45) is 0 Å². The number of rotatable bonds is 6. The normalized spacial score (nSPS) is 19.3. The third kappa shape index (κ3) is 4.58. The highest BCUT2D eigenvalue weighted by molar-refractivity contribution is 6.33. The molecular weight excluding hydrogens is 282 g/mol. The minimum absolute atomic E-state index is 0.472. The molecule has 1 aliphatic rings. The topological polar surface area (TPSA) is 28.2 Å². The summed E-state index contributed by atoms with van der Waals surface area (Å²) in [6, 6.07) is 3.14. The van der Waals surface area contributed by atoms with Crippen LogP contribution in [-0.2, 0) is 6.54 Å². The van der Waals surface area contributed by atoms with E-state index in [9.17, 15) is 0 Å². The molecule has 2 rings (SSSR count). The molecule has 1 atom stereocenters. The minimum Gasteiger partial charge on any atom is -0.352 e. The Labute approximate surface area is 134 Å². The van der Waals surface area contributed by atoms with Crippen LogP contribution in [0.2, 0.25) is 5.02 Å². The predicted molar refractivity (Wildman–Crippen MR) is 91.1 cm³/mol. The van der Waals surface area contributed by atoms with Gasteiger partial charge in [0, 0.05) is 31.4 Å². The van der Waals surface area contributed by atoms with E-state index in [-0.39, 0.29) is 0 Å². The molecule has 3 nitrogen and oxygen atoms in total. The Morgan fingerprint density at radius 2 is 2.24 bits per heavy atom. The number of pyridine rings is 1. The Kier molecular flexibility index (Phi) is 6.31. The summed E-state index contributed by atoms with van der Waals surface area (Å²) in [6.07, 6.45) is 8.25. The van der Waals surface area contributed by atoms with Crippen LogP contribution in [0.25, 0.3) is 0 Å². The first-order valence-electron chi connectivity index (χ1n) is 8.26. The molecule has 1 aromatic rings. The van der Waals surface area contributed by atoms with Gasteiger partial charge in [-0.25, -0.2) is 4.98 Å². The molecule has 1 N–H and O–H groups in total. The average Bonchev–Trinajstić information content (AvgIpc) is 2.46. The largest absolute Gasteiger partial charge is 0.352 e. The number of nitrogens with one attached hydrogen (secondary N) is 1. The van der Waals surface area contributed by atoms with Crippen LogP contribution < -0.4 is 10.2 Å². The van der Waals surface area contributed by atoms with E-state index in [1.165, 1.54) is 32.1 Å². The van der Waals surface area contributed by atoms with Crippen LogP contribution >= 0.6 is 11.6 Å². The molecule has 0 amide bonds. The molecule has 1 unspecified atom stereocenters. The van der Waals surface area contributed by atoms with E-state index >= 15 is 0 Å². The number of nitrogens with zero attached hydrogens (tertiary/aromatic N) is 2. The molecule has 0 saturated carbocycles. The number of aromatic nitrogens is 1. The second kappa shape index (κ2) is 8.00. The Bertz CT molecular complexity index is 446. The zero-order chi connectivity index (χ0) is 15.2. The maximum Gasteiger partial charge on any atom is 0.147 e. The summed E-state index contributed by atoms with van der Waals surface area (Å²) in [5, 5.41) is 4.20. The number of piperidine rings is 1. The third-order valence-electron chi connectivity index (χ3n) is 4.11. The van der Waals surface area contributed by atoms with Gasteiger partial charge in [0.25, 0.3) is 0 Å². The van der Waals surface area contributed by atoms with Crippen molar-refractivity contribution < 1.29 is 0 Å². The van der Waals surface area contributed by atoms with E-state index in [1.54, 1.807) is 0 Å². The smallest absolute Gasteiger partial charge is 0.147 e. The number of hydrogen-bond acceptors (Lipinski definition) is 3. The highest BCUT2D eigenvalue weighted by Gasteiger charge is 2.24. The maximum atomic E-state index is 6.51. The lowest BCUT2D eigenvalue weighted by Crippen LogP contribution is -2.40. The Balaban J connectivity index is 2.11. The van der Waals surface area contributed by atoms with Gasteiger partial charge < -0.3 is 10.2 Å². The molecule has 1 aliphatic heterocycles. The van der Waals surface area contributed by atoms with Crippen LogP contribution in [0.4, 0.5) is 5.82 Å². The van der Waals surface area contributed by atoms with E-state index in [2.05, 4.69) is 42.0 Å². The van der Waals surface area contributed by atoms with Gasteiger partial charge in [-0.3, -0.25) is 0 Å². The van der Waals surface area contributed by atoms with Crippen molar-refractivity contribution >= 4 is 17.4 Å². The zero-order valence-electron chi connectivity index (χ0n) is 13.5. The molecule has 0 radical (unpaired) electrons. The molecule has 0 spiro atoms. The fourth-order valence-corrected chi connectivity index (χ4v) is 3.31. The van der Waals surface area contributed by atoms with Crippen molar-refractivity contribution in [1.82, 2.24) is 10.3 Å². The fraction of sp³-hybridized carbons (Fsp3) is 0.706. The van der Waals surface area contributed by atoms with Crippen molar-refractivity contribution in [3.63, 3.8) is 0 Å². The monoisotopic (exact) mass is 309 g/mol. The summed E-state index contributed by atoms with van der Waals surface area (Å²) < 4.78 is 0. The van der Waals surface area contributed by atoms with E-state index in [1.807, 2.05) is 6.20 Å². The summed E-state index contributed by atoms with van der Waals surface area (Å²) >= 11 is 6.51. The molecule has 21 heavy (non-hydrogen) atoms. The lowest BCUT2D eigenvalue weighted by molar-refractivity contribution is 0.432. The quantitative estimate of drug-likeness (QED) is 0.844. The van der Waals surface area contributed by atoms with Crippen molar-refractivity contribution in [1.29, 1.82) is 0 Å². The predicted octanol–water partition coefficient (Wildman–Crippen LogP) is 4.39. The standard InChI is InChI=1S/C17H28ClN3/c1-4-7-15-8-5-6-9-21(15)17-16(18)10-14(12-20-17)11-19-13(2)3/h10,12-13,15,19H,4-9,11H2,1-3H3. The van der Waals surface area contributed by atoms with Gasteiger partial charge in [0.05, 0.1) is 5.02 Å². The minimum atomic E-state index is 0.472. The van der Waals surface area contributed by atoms with Gasteiger partial charge >= 0.3 is 0 Å². The molecule has 0 bridgehead atoms. The Morgan fingerprint density at radius 1 is 1.43 bits per heavy atom. The van der Waals surface area contributed by atoms with E-state index in [0.717, 1.165) is 29.5 Å². The van der Waals surface area contributed by atoms with Gasteiger partial charge in [-0.2, -0.15) is 0 Å². The van der Waals surface area contributed by atoms with Crippen LogP contribution in [0, 0.1) is 0 Å². The molecule has 1 saturated heterocycles. The van der Waals surface area contributed by atoms with Crippen molar-refractivity contribution in [2.75, 3.05) is 11.4 Å². The third-order valence-corrected chi connectivity index (χ3v) is 4.39. The SMILES string of the molecule is CCCC1CCCCN1c1ncc(CNC(C)C)cc1Cl. The number of hydrogen-bond donors (Lipinski definition) is 1. The maximum absolute atomic E-state index is 6.51. The summed E-state index contributed by atoms with van der Waals surface area (Å²) in [5.41, 5.74) is 1.15. The van der Waals surface area contributed by atoms with Crippen LogP contribution in [0.5, 0.6) is 0 Å².